The number of hydrogen-bond donors (Lipinski definition) is 1. The van der Waals surface area contributed by atoms with E-state index in [1.807, 2.05) is 61.5 Å². The Labute approximate surface area is 211 Å². The Bertz CT molecular complexity index is 1190. The quantitative estimate of drug-likeness (QED) is 0.256. The van der Waals surface area contributed by atoms with Crippen LogP contribution in [-0.2, 0) is 14.3 Å². The lowest BCUT2D eigenvalue weighted by Crippen LogP contribution is -2.57. The molecule has 1 aliphatic rings. The van der Waals surface area contributed by atoms with Gasteiger partial charge in [0, 0.05) is 23.2 Å². The molecule has 6 heteroatoms. The van der Waals surface area contributed by atoms with Crippen LogP contribution in [0.4, 0.5) is 0 Å². The molecule has 1 aliphatic heterocycles. The zero-order valence-corrected chi connectivity index (χ0v) is 20.6. The fraction of sp³-hybridized carbons (Fsp3) is 0.267. The molecule has 0 aliphatic carbocycles. The van der Waals surface area contributed by atoms with Crippen LogP contribution < -0.4 is 10.1 Å². The van der Waals surface area contributed by atoms with Gasteiger partial charge in [-0.2, -0.15) is 0 Å². The summed E-state index contributed by atoms with van der Waals surface area (Å²) >= 11 is 0. The second-order valence-electron chi connectivity index (χ2n) is 8.77. The average molecular weight is 486 g/mol. The lowest BCUT2D eigenvalue weighted by atomic mass is 9.99. The highest BCUT2D eigenvalue weighted by molar-refractivity contribution is 6.09. The number of ketones is 1. The number of carbonyl (C=O) groups is 2. The van der Waals surface area contributed by atoms with Crippen molar-refractivity contribution in [1.29, 1.82) is 0 Å². The Morgan fingerprint density at radius 2 is 1.58 bits per heavy atom. The zero-order valence-electron chi connectivity index (χ0n) is 20.6. The van der Waals surface area contributed by atoms with Crippen LogP contribution in [0.1, 0.15) is 36.2 Å². The number of carbonyl (C=O) groups excluding carboxylic acids is 2. The van der Waals surface area contributed by atoms with E-state index < -0.39 is 18.4 Å². The molecule has 3 aromatic carbocycles. The van der Waals surface area contributed by atoms with Gasteiger partial charge in [0.1, 0.15) is 17.9 Å². The van der Waals surface area contributed by atoms with Crippen molar-refractivity contribution < 1.29 is 23.8 Å². The van der Waals surface area contributed by atoms with Crippen LogP contribution >= 0.6 is 0 Å². The highest BCUT2D eigenvalue weighted by Gasteiger charge is 2.36. The molecule has 0 aromatic heterocycles. The molecule has 0 radical (unpaired) electrons. The molecule has 1 fully saturated rings. The van der Waals surface area contributed by atoms with Crippen LogP contribution in [0.2, 0.25) is 0 Å². The van der Waals surface area contributed by atoms with Crippen molar-refractivity contribution >= 4 is 11.8 Å². The lowest BCUT2D eigenvalue weighted by molar-refractivity contribution is -0.167. The van der Waals surface area contributed by atoms with Crippen LogP contribution in [0, 0.1) is 0 Å². The molecular formula is C30H31NO5. The molecule has 3 unspecified atom stereocenters. The van der Waals surface area contributed by atoms with Gasteiger partial charge in [-0.25, -0.2) is 4.79 Å². The van der Waals surface area contributed by atoms with Crippen molar-refractivity contribution in [3.05, 3.63) is 102 Å². The van der Waals surface area contributed by atoms with E-state index in [9.17, 15) is 9.59 Å². The normalized spacial score (nSPS) is 18.2. The Morgan fingerprint density at radius 1 is 0.972 bits per heavy atom. The minimum Gasteiger partial charge on any atom is -0.463 e. The highest BCUT2D eigenvalue weighted by Crippen LogP contribution is 2.23. The van der Waals surface area contributed by atoms with E-state index >= 15 is 0 Å². The summed E-state index contributed by atoms with van der Waals surface area (Å²) in [6.45, 7) is 8.31. The first-order valence-corrected chi connectivity index (χ1v) is 12.1. The summed E-state index contributed by atoms with van der Waals surface area (Å²) in [6.07, 6.45) is -0.482. The summed E-state index contributed by atoms with van der Waals surface area (Å²) in [5.41, 5.74) is 3.70. The van der Waals surface area contributed by atoms with E-state index in [1.165, 1.54) is 0 Å². The van der Waals surface area contributed by atoms with E-state index in [-0.39, 0.29) is 11.8 Å². The van der Waals surface area contributed by atoms with Crippen molar-refractivity contribution in [2.75, 3.05) is 13.2 Å². The molecule has 0 saturated carbocycles. The summed E-state index contributed by atoms with van der Waals surface area (Å²) in [6, 6.07) is 24.3. The number of rotatable bonds is 9. The third-order valence-electron chi connectivity index (χ3n) is 6.09. The zero-order chi connectivity index (χ0) is 25.5. The number of hydrogen-bond acceptors (Lipinski definition) is 6. The number of nitrogens with one attached hydrogen (secondary N) is 1. The van der Waals surface area contributed by atoms with Crippen LogP contribution in [0.15, 0.2) is 91.0 Å². The van der Waals surface area contributed by atoms with Crippen LogP contribution in [0.5, 0.6) is 5.75 Å². The van der Waals surface area contributed by atoms with Gasteiger partial charge in [0.15, 0.2) is 5.78 Å². The van der Waals surface area contributed by atoms with Gasteiger partial charge < -0.3 is 19.5 Å². The molecule has 0 amide bonds. The third-order valence-corrected chi connectivity index (χ3v) is 6.09. The van der Waals surface area contributed by atoms with E-state index in [2.05, 4.69) is 11.9 Å². The second kappa shape index (κ2) is 11.8. The summed E-state index contributed by atoms with van der Waals surface area (Å²) < 4.78 is 17.5. The average Bonchev–Trinajstić information content (AvgIpc) is 2.92. The monoisotopic (exact) mass is 485 g/mol. The molecule has 3 aromatic rings. The number of morpholine rings is 1. The second-order valence-corrected chi connectivity index (χ2v) is 8.77. The molecule has 1 saturated heterocycles. The van der Waals surface area contributed by atoms with Gasteiger partial charge in [-0.15, -0.1) is 0 Å². The Morgan fingerprint density at radius 3 is 2.19 bits per heavy atom. The topological polar surface area (TPSA) is 73.9 Å². The van der Waals surface area contributed by atoms with Gasteiger partial charge in [-0.1, -0.05) is 68.1 Å². The first-order chi connectivity index (χ1) is 17.5. The van der Waals surface area contributed by atoms with Crippen molar-refractivity contribution in [3.63, 3.8) is 0 Å². The number of ether oxygens (including phenoxy) is 3. The largest absolute Gasteiger partial charge is 0.463 e. The maximum absolute atomic E-state index is 13.0. The summed E-state index contributed by atoms with van der Waals surface area (Å²) in [5, 5.41) is 3.34. The summed E-state index contributed by atoms with van der Waals surface area (Å²) in [7, 11) is 0. The molecule has 1 heterocycles. The molecule has 36 heavy (non-hydrogen) atoms. The summed E-state index contributed by atoms with van der Waals surface area (Å²) in [5.74, 6) is 0.0609. The SMILES string of the molecule is C=C(C)C(=O)OC(CC)C1NCCOC1Oc1ccc(C(=O)c2ccc(-c3ccccc3)cc2)cc1. The van der Waals surface area contributed by atoms with Gasteiger partial charge in [0.2, 0.25) is 6.29 Å². The Balaban J connectivity index is 1.42. The van der Waals surface area contributed by atoms with E-state index in [1.54, 1.807) is 31.2 Å². The predicted molar refractivity (Wildman–Crippen MR) is 139 cm³/mol. The van der Waals surface area contributed by atoms with Crippen LogP contribution in [0.25, 0.3) is 11.1 Å². The van der Waals surface area contributed by atoms with Crippen molar-refractivity contribution in [3.8, 4) is 16.9 Å². The highest BCUT2D eigenvalue weighted by atomic mass is 16.7. The van der Waals surface area contributed by atoms with E-state index in [4.69, 9.17) is 14.2 Å². The minimum absolute atomic E-state index is 0.0626. The van der Waals surface area contributed by atoms with Crippen molar-refractivity contribution in [2.45, 2.75) is 38.7 Å². The van der Waals surface area contributed by atoms with Crippen LogP contribution in [0.3, 0.4) is 0 Å². The first kappa shape index (κ1) is 25.4. The standard InChI is InChI=1S/C30H31NO5/c1-4-26(36-29(33)20(2)3)27-30(34-19-18-31-27)35-25-16-14-24(15-17-25)28(32)23-12-10-22(11-13-23)21-8-6-5-7-9-21/h5-17,26-27,30-31H,2,4,18-19H2,1,3H3. The smallest absolute Gasteiger partial charge is 0.333 e. The Hall–Kier alpha value is -3.74. The van der Waals surface area contributed by atoms with E-state index in [0.717, 1.165) is 11.1 Å². The Kier molecular flexibility index (Phi) is 8.31. The molecule has 186 valence electrons. The lowest BCUT2D eigenvalue weighted by Gasteiger charge is -2.36. The predicted octanol–water partition coefficient (Wildman–Crippen LogP) is 5.18. The number of esters is 1. The van der Waals surface area contributed by atoms with Gasteiger partial charge >= 0.3 is 5.97 Å². The summed E-state index contributed by atoms with van der Waals surface area (Å²) in [4.78, 5) is 25.1. The third kappa shape index (κ3) is 6.08. The van der Waals surface area contributed by atoms with Gasteiger partial charge in [-0.3, -0.25) is 4.79 Å². The molecule has 0 spiro atoms. The molecule has 3 atom stereocenters. The molecule has 6 nitrogen and oxygen atoms in total. The molecule has 4 rings (SSSR count). The van der Waals surface area contributed by atoms with Crippen molar-refractivity contribution in [2.24, 2.45) is 0 Å². The van der Waals surface area contributed by atoms with E-state index in [0.29, 0.717) is 42.0 Å². The van der Waals surface area contributed by atoms with Crippen molar-refractivity contribution in [1.82, 2.24) is 5.32 Å². The molecule has 0 bridgehead atoms. The fourth-order valence-corrected chi connectivity index (χ4v) is 4.09. The maximum atomic E-state index is 13.0. The van der Waals surface area contributed by atoms with Gasteiger partial charge in [0.05, 0.1) is 6.61 Å². The fourth-order valence-electron chi connectivity index (χ4n) is 4.09. The van der Waals surface area contributed by atoms with Gasteiger partial charge in [0.25, 0.3) is 0 Å². The van der Waals surface area contributed by atoms with Crippen LogP contribution in [-0.4, -0.2) is 43.3 Å². The maximum Gasteiger partial charge on any atom is 0.333 e. The first-order valence-electron chi connectivity index (χ1n) is 12.1. The molecule has 1 N–H and O–H groups in total. The number of benzene rings is 3. The minimum atomic E-state index is -0.645. The molecular weight excluding hydrogens is 454 g/mol. The van der Waals surface area contributed by atoms with Gasteiger partial charge in [-0.05, 0) is 48.7 Å².